The van der Waals surface area contributed by atoms with Crippen molar-refractivity contribution < 1.29 is 24.5 Å². The van der Waals surface area contributed by atoms with Gasteiger partial charge in [0.1, 0.15) is 0 Å². The third-order valence-electron chi connectivity index (χ3n) is 15.0. The number of amides is 1. The van der Waals surface area contributed by atoms with E-state index in [0.717, 1.165) is 44.9 Å². The largest absolute Gasteiger partial charge is 0.466 e. The van der Waals surface area contributed by atoms with E-state index in [1.165, 1.54) is 283 Å². The van der Waals surface area contributed by atoms with Crippen LogP contribution in [0.2, 0.25) is 0 Å². The highest BCUT2D eigenvalue weighted by Crippen LogP contribution is 2.18. The highest BCUT2D eigenvalue weighted by molar-refractivity contribution is 5.76. The monoisotopic (exact) mass is 1000 g/mol. The molecule has 0 heterocycles. The molecular weight excluding hydrogens is 875 g/mol. The van der Waals surface area contributed by atoms with Crippen LogP contribution in [-0.2, 0) is 14.3 Å². The highest BCUT2D eigenvalue weighted by Gasteiger charge is 2.18. The second-order valence-corrected chi connectivity index (χ2v) is 22.1. The Balaban J connectivity index is 3.37. The Morgan fingerprint density at radius 3 is 1.00 bits per heavy atom. The van der Waals surface area contributed by atoms with Gasteiger partial charge in [0.25, 0.3) is 0 Å². The van der Waals surface area contributed by atoms with Gasteiger partial charge in [0, 0.05) is 12.8 Å². The fourth-order valence-corrected chi connectivity index (χ4v) is 10.0. The SMILES string of the molecule is CCCCCCCC/C=C\CCCCCCCCCC(=O)OCCCCCCCCCCCCCCCCCCCCCCCCCC(=O)NC(CO)C(O)/C=C/CCCCCCCCCCCCCC. The molecule has 0 saturated heterocycles. The molecule has 1 amide bonds. The van der Waals surface area contributed by atoms with Gasteiger partial charge in [-0.15, -0.1) is 0 Å². The molecule has 0 aliphatic rings. The molecule has 0 aromatic carbocycles. The van der Waals surface area contributed by atoms with Crippen LogP contribution in [0.15, 0.2) is 24.3 Å². The van der Waals surface area contributed by atoms with Gasteiger partial charge in [-0.2, -0.15) is 0 Å². The Labute approximate surface area is 443 Å². The molecule has 0 radical (unpaired) electrons. The minimum atomic E-state index is -0.843. The third-order valence-corrected chi connectivity index (χ3v) is 15.0. The third kappa shape index (κ3) is 57.5. The van der Waals surface area contributed by atoms with Crippen LogP contribution in [-0.4, -0.2) is 47.4 Å². The first-order valence-electron chi connectivity index (χ1n) is 32.1. The zero-order chi connectivity index (χ0) is 51.4. The van der Waals surface area contributed by atoms with Gasteiger partial charge in [-0.05, 0) is 57.8 Å². The first-order valence-corrected chi connectivity index (χ1v) is 32.1. The number of unbranched alkanes of at least 4 members (excludes halogenated alkanes) is 47. The van der Waals surface area contributed by atoms with Crippen molar-refractivity contribution in [3.63, 3.8) is 0 Å². The quantitative estimate of drug-likeness (QED) is 0.0320. The van der Waals surface area contributed by atoms with E-state index in [1.807, 2.05) is 6.08 Å². The first kappa shape index (κ1) is 69.3. The van der Waals surface area contributed by atoms with Gasteiger partial charge in [-0.25, -0.2) is 0 Å². The molecule has 0 aliphatic carbocycles. The van der Waals surface area contributed by atoms with E-state index in [1.54, 1.807) is 6.08 Å². The summed E-state index contributed by atoms with van der Waals surface area (Å²) in [6.45, 7) is 4.92. The number of esters is 1. The molecule has 0 rings (SSSR count). The van der Waals surface area contributed by atoms with Crippen molar-refractivity contribution in [3.05, 3.63) is 24.3 Å². The normalized spacial score (nSPS) is 12.7. The van der Waals surface area contributed by atoms with Crippen molar-refractivity contribution in [3.8, 4) is 0 Å². The molecule has 420 valence electrons. The number of carbonyl (C=O) groups excluding carboxylic acids is 2. The lowest BCUT2D eigenvalue weighted by atomic mass is 10.0. The molecular formula is C65H125NO5. The summed E-state index contributed by atoms with van der Waals surface area (Å²) in [5.41, 5.74) is 0. The van der Waals surface area contributed by atoms with Crippen LogP contribution in [0.4, 0.5) is 0 Å². The lowest BCUT2D eigenvalue weighted by Crippen LogP contribution is -2.45. The number of ether oxygens (including phenoxy) is 1. The summed E-state index contributed by atoms with van der Waals surface area (Å²) < 4.78 is 5.50. The number of nitrogens with one attached hydrogen (secondary N) is 1. The van der Waals surface area contributed by atoms with E-state index in [-0.39, 0.29) is 18.5 Å². The Morgan fingerprint density at radius 2 is 0.662 bits per heavy atom. The molecule has 71 heavy (non-hydrogen) atoms. The van der Waals surface area contributed by atoms with E-state index < -0.39 is 12.1 Å². The maximum Gasteiger partial charge on any atom is 0.305 e. The van der Waals surface area contributed by atoms with Crippen LogP contribution >= 0.6 is 0 Å². The van der Waals surface area contributed by atoms with Crippen LogP contribution in [0.1, 0.15) is 354 Å². The Morgan fingerprint density at radius 1 is 0.380 bits per heavy atom. The summed E-state index contributed by atoms with van der Waals surface area (Å²) in [6.07, 6.45) is 75.1. The lowest BCUT2D eigenvalue weighted by Gasteiger charge is -2.20. The van der Waals surface area contributed by atoms with Gasteiger partial charge >= 0.3 is 5.97 Å². The molecule has 2 unspecified atom stereocenters. The standard InChI is InChI=1S/C65H125NO5/c1-3-5-7-9-11-13-15-17-19-27-31-35-39-43-47-51-55-59-65(70)71-60-56-52-48-44-40-36-32-29-26-24-22-20-21-23-25-28-30-34-38-42-46-50-54-58-64(69)66-62(61-67)63(68)57-53-49-45-41-37-33-18-16-14-12-10-8-6-4-2/h17,19,53,57,62-63,67-68H,3-16,18,20-52,54-56,58-61H2,1-2H3,(H,66,69)/b19-17-,57-53+. The minimum absolute atomic E-state index is 0.0110. The summed E-state index contributed by atoms with van der Waals surface area (Å²) >= 11 is 0. The second kappa shape index (κ2) is 60.9. The van der Waals surface area contributed by atoms with E-state index in [4.69, 9.17) is 4.74 Å². The molecule has 0 aromatic rings. The van der Waals surface area contributed by atoms with Crippen LogP contribution in [0.3, 0.4) is 0 Å². The van der Waals surface area contributed by atoms with Crippen LogP contribution in [0.25, 0.3) is 0 Å². The molecule has 0 aromatic heterocycles. The van der Waals surface area contributed by atoms with E-state index >= 15 is 0 Å². The van der Waals surface area contributed by atoms with E-state index in [2.05, 4.69) is 31.3 Å². The van der Waals surface area contributed by atoms with Gasteiger partial charge in [0.2, 0.25) is 5.91 Å². The topological polar surface area (TPSA) is 95.9 Å². The zero-order valence-electron chi connectivity index (χ0n) is 48.0. The number of rotatable bonds is 60. The highest BCUT2D eigenvalue weighted by atomic mass is 16.5. The molecule has 0 bridgehead atoms. The van der Waals surface area contributed by atoms with Gasteiger partial charge in [0.15, 0.2) is 0 Å². The first-order chi connectivity index (χ1) is 35.0. The van der Waals surface area contributed by atoms with Gasteiger partial charge in [0.05, 0.1) is 25.4 Å². The van der Waals surface area contributed by atoms with Crippen LogP contribution in [0, 0.1) is 0 Å². The van der Waals surface area contributed by atoms with Gasteiger partial charge < -0.3 is 20.3 Å². The van der Waals surface area contributed by atoms with Crippen molar-refractivity contribution in [2.75, 3.05) is 13.2 Å². The Bertz CT molecular complexity index is 1110. The minimum Gasteiger partial charge on any atom is -0.466 e. The molecule has 6 nitrogen and oxygen atoms in total. The molecule has 0 saturated carbocycles. The smallest absolute Gasteiger partial charge is 0.305 e. The van der Waals surface area contributed by atoms with E-state index in [0.29, 0.717) is 19.4 Å². The average molecular weight is 1000 g/mol. The molecule has 0 spiro atoms. The fraction of sp³-hybridized carbons (Fsp3) is 0.908. The number of carbonyl (C=O) groups is 2. The zero-order valence-corrected chi connectivity index (χ0v) is 48.0. The van der Waals surface area contributed by atoms with Crippen LogP contribution in [0.5, 0.6) is 0 Å². The fourth-order valence-electron chi connectivity index (χ4n) is 10.0. The maximum atomic E-state index is 12.5. The number of allylic oxidation sites excluding steroid dienone is 3. The lowest BCUT2D eigenvalue weighted by molar-refractivity contribution is -0.143. The Hall–Kier alpha value is -1.66. The molecule has 0 fully saturated rings. The van der Waals surface area contributed by atoms with Crippen molar-refractivity contribution in [2.45, 2.75) is 366 Å². The predicted molar refractivity (Wildman–Crippen MR) is 310 cm³/mol. The van der Waals surface area contributed by atoms with Gasteiger partial charge in [-0.1, -0.05) is 308 Å². The molecule has 0 aliphatic heterocycles. The van der Waals surface area contributed by atoms with Crippen molar-refractivity contribution in [1.29, 1.82) is 0 Å². The molecule has 2 atom stereocenters. The summed E-state index contributed by atoms with van der Waals surface area (Å²) in [5.74, 6) is -0.0550. The summed E-state index contributed by atoms with van der Waals surface area (Å²) in [7, 11) is 0. The van der Waals surface area contributed by atoms with E-state index in [9.17, 15) is 19.8 Å². The summed E-state index contributed by atoms with van der Waals surface area (Å²) in [5, 5.41) is 23.1. The molecule has 3 N–H and O–H groups in total. The number of aliphatic hydroxyl groups is 2. The second-order valence-electron chi connectivity index (χ2n) is 22.1. The summed E-state index contributed by atoms with van der Waals surface area (Å²) in [6, 6.07) is -0.627. The number of hydrogen-bond acceptors (Lipinski definition) is 5. The predicted octanol–water partition coefficient (Wildman–Crippen LogP) is 20.2. The average Bonchev–Trinajstić information content (AvgIpc) is 3.37. The number of aliphatic hydroxyl groups excluding tert-OH is 2. The van der Waals surface area contributed by atoms with Gasteiger partial charge in [-0.3, -0.25) is 9.59 Å². The maximum absolute atomic E-state index is 12.5. The Kier molecular flexibility index (Phi) is 59.5. The van der Waals surface area contributed by atoms with Crippen molar-refractivity contribution >= 4 is 11.9 Å². The molecule has 6 heteroatoms. The van der Waals surface area contributed by atoms with Crippen molar-refractivity contribution in [1.82, 2.24) is 5.32 Å². The number of hydrogen-bond donors (Lipinski definition) is 3. The summed E-state index contributed by atoms with van der Waals surface area (Å²) in [4.78, 5) is 24.5. The van der Waals surface area contributed by atoms with Crippen molar-refractivity contribution in [2.24, 2.45) is 0 Å². The van der Waals surface area contributed by atoms with Crippen LogP contribution < -0.4 is 5.32 Å².